The molecule has 0 aromatic heterocycles. The quantitative estimate of drug-likeness (QED) is 0.348. The molecule has 0 atom stereocenters. The van der Waals surface area contributed by atoms with Crippen molar-refractivity contribution in [2.24, 2.45) is 23.7 Å². The number of hydrogen-bond donors (Lipinski definition) is 0. The van der Waals surface area contributed by atoms with Crippen molar-refractivity contribution in [3.05, 3.63) is 0 Å². The molecule has 24 heavy (non-hydrogen) atoms. The van der Waals surface area contributed by atoms with Gasteiger partial charge < -0.3 is 9.80 Å². The minimum absolute atomic E-state index is 0.609. The number of nitrogens with zero attached hydrogens (tertiary/aromatic N) is 2. The van der Waals surface area contributed by atoms with E-state index in [1.165, 1.54) is 0 Å². The summed E-state index contributed by atoms with van der Waals surface area (Å²) >= 11 is 11.4. The molecule has 0 saturated heterocycles. The fraction of sp³-hybridized carbons (Fsp3) is 0.889. The summed E-state index contributed by atoms with van der Waals surface area (Å²) in [6.07, 6.45) is 0. The zero-order valence-electron chi connectivity index (χ0n) is 16.7. The Bertz CT molecular complexity index is 325. The van der Waals surface area contributed by atoms with E-state index in [1.807, 2.05) is 0 Å². The van der Waals surface area contributed by atoms with Gasteiger partial charge in [0.15, 0.2) is 0 Å². The normalized spacial score (nSPS) is 11.7. The summed E-state index contributed by atoms with van der Waals surface area (Å²) in [5.41, 5.74) is 0. The van der Waals surface area contributed by atoms with Crippen LogP contribution < -0.4 is 0 Å². The predicted molar refractivity (Wildman–Crippen MR) is 123 cm³/mol. The van der Waals surface area contributed by atoms with Gasteiger partial charge in [-0.3, -0.25) is 0 Å². The van der Waals surface area contributed by atoms with E-state index in [4.69, 9.17) is 24.4 Å². The highest BCUT2D eigenvalue weighted by atomic mass is 33.1. The molecule has 0 radical (unpaired) electrons. The molecule has 0 spiro atoms. The molecule has 0 fully saturated rings. The highest BCUT2D eigenvalue weighted by Gasteiger charge is 2.18. The number of hydrogen-bond acceptors (Lipinski definition) is 4. The first-order valence-corrected chi connectivity index (χ1v) is 11.9. The van der Waals surface area contributed by atoms with Crippen molar-refractivity contribution < 1.29 is 0 Å². The van der Waals surface area contributed by atoms with Crippen molar-refractivity contribution in [1.82, 2.24) is 9.80 Å². The third-order valence-electron chi connectivity index (χ3n) is 3.04. The summed E-state index contributed by atoms with van der Waals surface area (Å²) in [5, 5.41) is 0. The maximum absolute atomic E-state index is 5.68. The molecule has 0 unspecified atom stereocenters. The van der Waals surface area contributed by atoms with Crippen LogP contribution >= 0.6 is 46.0 Å². The first-order chi connectivity index (χ1) is 11.0. The van der Waals surface area contributed by atoms with E-state index in [0.29, 0.717) is 23.7 Å². The van der Waals surface area contributed by atoms with E-state index in [-0.39, 0.29) is 0 Å². The molecule has 0 aromatic rings. The summed E-state index contributed by atoms with van der Waals surface area (Å²) in [4.78, 5) is 4.67. The van der Waals surface area contributed by atoms with E-state index in [9.17, 15) is 0 Å². The van der Waals surface area contributed by atoms with Crippen molar-refractivity contribution >= 4 is 54.7 Å². The van der Waals surface area contributed by atoms with Crippen molar-refractivity contribution in [3.8, 4) is 0 Å². The molecule has 0 N–H and O–H groups in total. The molecule has 0 aliphatic rings. The molecular weight excluding hydrogens is 372 g/mol. The zero-order chi connectivity index (χ0) is 18.9. The lowest BCUT2D eigenvalue weighted by atomic mass is 10.1. The Labute approximate surface area is 169 Å². The lowest BCUT2D eigenvalue weighted by molar-refractivity contribution is 0.337. The maximum Gasteiger partial charge on any atom is 0.147 e. The van der Waals surface area contributed by atoms with Gasteiger partial charge in [0.05, 0.1) is 0 Å². The highest BCUT2D eigenvalue weighted by Crippen LogP contribution is 2.30. The van der Waals surface area contributed by atoms with E-state index >= 15 is 0 Å². The molecule has 0 aliphatic carbocycles. The Kier molecular flexibility index (Phi) is 13.0. The molecular formula is C18H36N2S4. The van der Waals surface area contributed by atoms with Gasteiger partial charge >= 0.3 is 0 Å². The van der Waals surface area contributed by atoms with Gasteiger partial charge in [-0.1, -0.05) is 79.8 Å². The molecule has 2 nitrogen and oxygen atoms in total. The monoisotopic (exact) mass is 408 g/mol. The van der Waals surface area contributed by atoms with Crippen LogP contribution in [-0.2, 0) is 0 Å². The molecule has 0 rings (SSSR count). The van der Waals surface area contributed by atoms with Crippen LogP contribution in [0.5, 0.6) is 0 Å². The largest absolute Gasteiger partial charge is 0.356 e. The number of thiocarbonyl (C=S) groups is 2. The predicted octanol–water partition coefficient (Wildman–Crippen LogP) is 6.17. The zero-order valence-corrected chi connectivity index (χ0v) is 19.9. The molecule has 0 amide bonds. The Morgan fingerprint density at radius 1 is 0.583 bits per heavy atom. The average Bonchev–Trinajstić information content (AvgIpc) is 2.40. The standard InChI is InChI=1S/C18H36N2S4/c1-13(2)9-19(10-14(3)4)17(21)23-24-18(22)20(11-15(5)6)12-16(7)8/h13-16H,9-12H2,1-8H3. The van der Waals surface area contributed by atoms with Gasteiger partial charge in [0, 0.05) is 26.2 Å². The van der Waals surface area contributed by atoms with Crippen LogP contribution in [0, 0.1) is 23.7 Å². The Morgan fingerprint density at radius 2 is 0.792 bits per heavy atom. The maximum atomic E-state index is 5.68. The van der Waals surface area contributed by atoms with Gasteiger partial charge in [-0.25, -0.2) is 0 Å². The summed E-state index contributed by atoms with van der Waals surface area (Å²) in [6, 6.07) is 0. The summed E-state index contributed by atoms with van der Waals surface area (Å²) in [6.45, 7) is 22.0. The summed E-state index contributed by atoms with van der Waals surface area (Å²) in [5.74, 6) is 2.44. The van der Waals surface area contributed by atoms with Gasteiger partial charge in [0.1, 0.15) is 8.64 Å². The molecule has 0 aliphatic heterocycles. The van der Waals surface area contributed by atoms with Crippen LogP contribution in [0.3, 0.4) is 0 Å². The van der Waals surface area contributed by atoms with Gasteiger partial charge in [-0.2, -0.15) is 0 Å². The molecule has 142 valence electrons. The lowest BCUT2D eigenvalue weighted by Crippen LogP contribution is -2.35. The van der Waals surface area contributed by atoms with E-state index in [2.05, 4.69) is 65.2 Å². The first kappa shape index (κ1) is 24.5. The van der Waals surface area contributed by atoms with E-state index in [1.54, 1.807) is 21.6 Å². The van der Waals surface area contributed by atoms with Crippen molar-refractivity contribution in [3.63, 3.8) is 0 Å². The topological polar surface area (TPSA) is 6.48 Å². The second-order valence-corrected chi connectivity index (χ2v) is 11.5. The minimum Gasteiger partial charge on any atom is -0.356 e. The Morgan fingerprint density at radius 3 is 0.958 bits per heavy atom. The van der Waals surface area contributed by atoms with Crippen LogP contribution in [0.15, 0.2) is 0 Å². The fourth-order valence-corrected chi connectivity index (χ4v) is 5.01. The van der Waals surface area contributed by atoms with Crippen LogP contribution in [0.4, 0.5) is 0 Å². The second kappa shape index (κ2) is 12.8. The number of rotatable bonds is 8. The average molecular weight is 409 g/mol. The first-order valence-electron chi connectivity index (χ1n) is 8.95. The van der Waals surface area contributed by atoms with Crippen molar-refractivity contribution in [2.75, 3.05) is 26.2 Å². The SMILES string of the molecule is CC(C)CN(CC(C)C)C(=S)SSC(=S)N(CC(C)C)CC(C)C. The van der Waals surface area contributed by atoms with Crippen LogP contribution in [0.25, 0.3) is 0 Å². The Hall–Kier alpha value is 0.480. The van der Waals surface area contributed by atoms with Gasteiger partial charge in [0.2, 0.25) is 0 Å². The minimum atomic E-state index is 0.609. The smallest absolute Gasteiger partial charge is 0.147 e. The van der Waals surface area contributed by atoms with Crippen LogP contribution in [0.1, 0.15) is 55.4 Å². The van der Waals surface area contributed by atoms with Crippen LogP contribution in [0.2, 0.25) is 0 Å². The summed E-state index contributed by atoms with van der Waals surface area (Å²) in [7, 11) is 3.30. The Balaban J connectivity index is 4.67. The van der Waals surface area contributed by atoms with Gasteiger partial charge in [-0.15, -0.1) is 0 Å². The molecule has 0 saturated carbocycles. The van der Waals surface area contributed by atoms with E-state index < -0.39 is 0 Å². The third kappa shape index (κ3) is 11.9. The highest BCUT2D eigenvalue weighted by molar-refractivity contribution is 8.89. The second-order valence-electron chi connectivity index (χ2n) is 8.08. The van der Waals surface area contributed by atoms with Crippen molar-refractivity contribution in [2.45, 2.75) is 55.4 Å². The van der Waals surface area contributed by atoms with Gasteiger partial charge in [-0.05, 0) is 45.3 Å². The summed E-state index contributed by atoms with van der Waals surface area (Å²) < 4.78 is 1.91. The molecule has 0 heterocycles. The molecule has 0 bridgehead atoms. The van der Waals surface area contributed by atoms with Crippen LogP contribution in [-0.4, -0.2) is 44.6 Å². The fourth-order valence-electron chi connectivity index (χ4n) is 2.39. The lowest BCUT2D eigenvalue weighted by Gasteiger charge is -2.30. The van der Waals surface area contributed by atoms with Crippen molar-refractivity contribution in [1.29, 1.82) is 0 Å². The third-order valence-corrected chi connectivity index (χ3v) is 6.77. The van der Waals surface area contributed by atoms with E-state index in [0.717, 1.165) is 34.8 Å². The molecule has 0 aromatic carbocycles. The molecule has 6 heteroatoms. The van der Waals surface area contributed by atoms with Gasteiger partial charge in [0.25, 0.3) is 0 Å².